The van der Waals surface area contributed by atoms with Gasteiger partial charge in [0.1, 0.15) is 35.5 Å². The van der Waals surface area contributed by atoms with Gasteiger partial charge in [-0.25, -0.2) is 13.5 Å². The highest BCUT2D eigenvalue weighted by molar-refractivity contribution is 7.99. The maximum Gasteiger partial charge on any atom is 0.159 e. The van der Waals surface area contributed by atoms with Crippen LogP contribution in [0, 0.1) is 11.6 Å². The fourth-order valence-electron chi connectivity index (χ4n) is 3.28. The number of rotatable bonds is 5. The predicted molar refractivity (Wildman–Crippen MR) is 107 cm³/mol. The summed E-state index contributed by atoms with van der Waals surface area (Å²) >= 11 is 7.07. The first-order valence-electron chi connectivity index (χ1n) is 9.14. The minimum atomic E-state index is -1.31. The van der Waals surface area contributed by atoms with Crippen LogP contribution >= 0.6 is 23.4 Å². The van der Waals surface area contributed by atoms with Crippen molar-refractivity contribution in [1.82, 2.24) is 20.0 Å². The van der Waals surface area contributed by atoms with Crippen LogP contribution in [0.3, 0.4) is 0 Å². The highest BCUT2D eigenvalue weighted by atomic mass is 35.5. The van der Waals surface area contributed by atoms with E-state index in [2.05, 4.69) is 15.3 Å². The number of aromatic nitrogens is 4. The molecule has 1 saturated heterocycles. The van der Waals surface area contributed by atoms with Gasteiger partial charge in [0.25, 0.3) is 0 Å². The molecule has 1 fully saturated rings. The number of nitrogens with zero attached hydrogens (tertiary/aromatic N) is 4. The summed E-state index contributed by atoms with van der Waals surface area (Å²) in [4.78, 5) is 4.60. The topological polar surface area (TPSA) is 114 Å². The standard InChI is InChI=1S/C19H17ClF2N4O4S/c20-10-4-11(6-23-5-10)31-19-18(29)16(17(28)15(8-27)30-19)26-7-14(24-25-26)9-1-2-12(21)13(22)3-9/h1-7,15-19,27-29H,8H2/t15?,16-,17-,18?,19+/m0/s1. The molecule has 164 valence electrons. The first kappa shape index (κ1) is 22.1. The fourth-order valence-corrected chi connectivity index (χ4v) is 4.60. The van der Waals surface area contributed by atoms with Gasteiger partial charge in [0.15, 0.2) is 11.6 Å². The van der Waals surface area contributed by atoms with Crippen molar-refractivity contribution in [3.05, 3.63) is 59.5 Å². The monoisotopic (exact) mass is 470 g/mol. The number of halogens is 3. The van der Waals surface area contributed by atoms with Crippen LogP contribution in [0.15, 0.2) is 47.8 Å². The van der Waals surface area contributed by atoms with Gasteiger partial charge in [-0.3, -0.25) is 4.98 Å². The van der Waals surface area contributed by atoms with Crippen LogP contribution in [-0.2, 0) is 4.74 Å². The fraction of sp³-hybridized carbons (Fsp3) is 0.316. The molecule has 5 atom stereocenters. The van der Waals surface area contributed by atoms with Crippen molar-refractivity contribution in [2.75, 3.05) is 6.61 Å². The van der Waals surface area contributed by atoms with Crippen molar-refractivity contribution >= 4 is 23.4 Å². The summed E-state index contributed by atoms with van der Waals surface area (Å²) in [6.45, 7) is -0.500. The predicted octanol–water partition coefficient (Wildman–Crippen LogP) is 2.04. The quantitative estimate of drug-likeness (QED) is 0.519. The lowest BCUT2D eigenvalue weighted by atomic mass is 9.97. The van der Waals surface area contributed by atoms with Crippen LogP contribution in [-0.4, -0.2) is 65.7 Å². The average molecular weight is 471 g/mol. The zero-order valence-corrected chi connectivity index (χ0v) is 17.3. The molecule has 0 spiro atoms. The SMILES string of the molecule is OCC1O[C@H](Sc2cncc(Cl)c2)C(O)[C@@H](n2cc(-c3ccc(F)c(F)c3)nn2)[C@H]1O. The molecule has 12 heteroatoms. The van der Waals surface area contributed by atoms with Crippen molar-refractivity contribution in [1.29, 1.82) is 0 Å². The largest absolute Gasteiger partial charge is 0.394 e. The van der Waals surface area contributed by atoms with Crippen molar-refractivity contribution in [2.24, 2.45) is 0 Å². The molecule has 0 radical (unpaired) electrons. The first-order valence-corrected chi connectivity index (χ1v) is 10.4. The van der Waals surface area contributed by atoms with Gasteiger partial charge in [0.05, 0.1) is 17.8 Å². The molecule has 3 heterocycles. The highest BCUT2D eigenvalue weighted by Gasteiger charge is 2.46. The van der Waals surface area contributed by atoms with Crippen LogP contribution in [0.5, 0.6) is 0 Å². The lowest BCUT2D eigenvalue weighted by Crippen LogP contribution is -2.55. The van der Waals surface area contributed by atoms with Crippen molar-refractivity contribution < 1.29 is 28.8 Å². The van der Waals surface area contributed by atoms with E-state index in [1.54, 1.807) is 6.07 Å². The van der Waals surface area contributed by atoms with E-state index in [9.17, 15) is 24.1 Å². The number of hydrogen-bond acceptors (Lipinski definition) is 8. The van der Waals surface area contributed by atoms with E-state index in [1.807, 2.05) is 0 Å². The molecule has 4 rings (SSSR count). The molecular weight excluding hydrogens is 454 g/mol. The van der Waals surface area contributed by atoms with Gasteiger partial charge < -0.3 is 20.1 Å². The third-order valence-electron chi connectivity index (χ3n) is 4.81. The van der Waals surface area contributed by atoms with Gasteiger partial charge in [0, 0.05) is 22.9 Å². The van der Waals surface area contributed by atoms with Gasteiger partial charge in [-0.15, -0.1) is 5.10 Å². The summed E-state index contributed by atoms with van der Waals surface area (Å²) < 4.78 is 33.7. The summed E-state index contributed by atoms with van der Waals surface area (Å²) in [5, 5.41) is 39.5. The lowest BCUT2D eigenvalue weighted by Gasteiger charge is -2.41. The third kappa shape index (κ3) is 4.56. The normalized spacial score (nSPS) is 26.2. The van der Waals surface area contributed by atoms with E-state index in [1.165, 1.54) is 29.3 Å². The molecule has 3 aromatic rings. The number of aliphatic hydroxyl groups is 3. The van der Waals surface area contributed by atoms with Gasteiger partial charge in [0.2, 0.25) is 0 Å². The van der Waals surface area contributed by atoms with Crippen LogP contribution < -0.4 is 0 Å². The molecular formula is C19H17ClF2N4O4S. The molecule has 1 aliphatic heterocycles. The first-order chi connectivity index (χ1) is 14.9. The van der Waals surface area contributed by atoms with Crippen LogP contribution in [0.4, 0.5) is 8.78 Å². The Bertz CT molecular complexity index is 1070. The van der Waals surface area contributed by atoms with E-state index >= 15 is 0 Å². The summed E-state index contributed by atoms with van der Waals surface area (Å²) in [6.07, 6.45) is 0.815. The van der Waals surface area contributed by atoms with E-state index in [-0.39, 0.29) is 11.3 Å². The van der Waals surface area contributed by atoms with Gasteiger partial charge in [-0.2, -0.15) is 0 Å². The highest BCUT2D eigenvalue weighted by Crippen LogP contribution is 2.38. The van der Waals surface area contributed by atoms with Crippen molar-refractivity contribution in [2.45, 2.75) is 34.7 Å². The second-order valence-corrected chi connectivity index (χ2v) is 8.47. The summed E-state index contributed by atoms with van der Waals surface area (Å²) in [7, 11) is 0. The number of pyridine rings is 1. The Hall–Kier alpha value is -2.15. The molecule has 0 bridgehead atoms. The summed E-state index contributed by atoms with van der Waals surface area (Å²) in [6, 6.07) is 3.89. The van der Waals surface area contributed by atoms with Crippen LogP contribution in [0.2, 0.25) is 5.02 Å². The molecule has 8 nitrogen and oxygen atoms in total. The zero-order valence-electron chi connectivity index (χ0n) is 15.7. The maximum atomic E-state index is 13.6. The molecule has 2 unspecified atom stereocenters. The molecule has 0 saturated carbocycles. The van der Waals surface area contributed by atoms with Crippen LogP contribution in [0.25, 0.3) is 11.3 Å². The Morgan fingerprint density at radius 2 is 1.94 bits per heavy atom. The van der Waals surface area contributed by atoms with E-state index in [0.29, 0.717) is 9.92 Å². The number of aliphatic hydroxyl groups excluding tert-OH is 3. The minimum Gasteiger partial charge on any atom is -0.394 e. The molecule has 0 aliphatic carbocycles. The molecule has 1 aromatic carbocycles. The molecule has 3 N–H and O–H groups in total. The molecule has 1 aliphatic rings. The second kappa shape index (κ2) is 9.15. The Morgan fingerprint density at radius 3 is 2.65 bits per heavy atom. The summed E-state index contributed by atoms with van der Waals surface area (Å²) in [5.74, 6) is -2.03. The number of hydrogen-bond donors (Lipinski definition) is 3. The van der Waals surface area contributed by atoms with Gasteiger partial charge >= 0.3 is 0 Å². The third-order valence-corrected chi connectivity index (χ3v) is 6.14. The van der Waals surface area contributed by atoms with Crippen molar-refractivity contribution in [3.63, 3.8) is 0 Å². The number of benzene rings is 1. The Kier molecular flexibility index (Phi) is 6.51. The average Bonchev–Trinajstić information content (AvgIpc) is 3.22. The zero-order chi connectivity index (χ0) is 22.1. The lowest BCUT2D eigenvalue weighted by molar-refractivity contribution is -0.178. The molecule has 2 aromatic heterocycles. The van der Waals surface area contributed by atoms with Gasteiger partial charge in [-0.05, 0) is 24.3 Å². The Balaban J connectivity index is 1.62. The molecule has 31 heavy (non-hydrogen) atoms. The van der Waals surface area contributed by atoms with Crippen LogP contribution in [0.1, 0.15) is 6.04 Å². The Morgan fingerprint density at radius 1 is 1.13 bits per heavy atom. The number of ether oxygens (including phenoxy) is 1. The number of thioether (sulfide) groups is 1. The van der Waals surface area contributed by atoms with Crippen molar-refractivity contribution in [3.8, 4) is 11.3 Å². The second-order valence-electron chi connectivity index (χ2n) is 6.87. The summed E-state index contributed by atoms with van der Waals surface area (Å²) in [5.41, 5.74) is -0.397. The smallest absolute Gasteiger partial charge is 0.159 e. The van der Waals surface area contributed by atoms with E-state index in [0.717, 1.165) is 23.9 Å². The van der Waals surface area contributed by atoms with E-state index < -0.39 is 48.0 Å². The van der Waals surface area contributed by atoms with Gasteiger partial charge in [-0.1, -0.05) is 28.6 Å². The maximum absolute atomic E-state index is 13.6. The Labute approximate surface area is 184 Å². The molecule has 0 amide bonds. The van der Waals surface area contributed by atoms with E-state index in [4.69, 9.17) is 16.3 Å². The minimum absolute atomic E-state index is 0.216.